The molecule has 9 nitrogen and oxygen atoms in total. The number of hydrogen-bond donors (Lipinski definition) is 1. The van der Waals surface area contributed by atoms with Crippen molar-refractivity contribution in [3.05, 3.63) is 95.7 Å². The molecule has 0 amide bonds. The highest BCUT2D eigenvalue weighted by Crippen LogP contribution is 2.45. The number of amidine groups is 1. The van der Waals surface area contributed by atoms with E-state index in [2.05, 4.69) is 43.1 Å². The van der Waals surface area contributed by atoms with Gasteiger partial charge in [-0.1, -0.05) is 32.9 Å². The van der Waals surface area contributed by atoms with Crippen molar-refractivity contribution in [1.82, 2.24) is 19.8 Å². The van der Waals surface area contributed by atoms with Gasteiger partial charge in [-0.2, -0.15) is 0 Å². The van der Waals surface area contributed by atoms with E-state index in [1.807, 2.05) is 19.1 Å². The maximum atomic E-state index is 14.4. The van der Waals surface area contributed by atoms with Crippen molar-refractivity contribution in [2.75, 3.05) is 26.3 Å². The molecule has 2 N–H and O–H groups in total. The van der Waals surface area contributed by atoms with E-state index in [-0.39, 0.29) is 6.61 Å². The molecule has 1 aromatic heterocycles. The number of fused-ring (bicyclic) bond motifs is 1. The van der Waals surface area contributed by atoms with E-state index in [1.165, 1.54) is 32.2 Å². The molecule has 1 atom stereocenters. The first-order valence-electron chi connectivity index (χ1n) is 14.4. The van der Waals surface area contributed by atoms with Crippen molar-refractivity contribution in [2.24, 2.45) is 16.6 Å². The molecule has 3 aromatic rings. The van der Waals surface area contributed by atoms with Crippen molar-refractivity contribution < 1.29 is 18.6 Å². The fraction of sp³-hybridized carbons (Fsp3) is 0.312. The van der Waals surface area contributed by atoms with Gasteiger partial charge in [0, 0.05) is 64.6 Å². The molecule has 0 saturated carbocycles. The van der Waals surface area contributed by atoms with E-state index in [1.54, 1.807) is 24.7 Å². The van der Waals surface area contributed by atoms with Crippen LogP contribution in [0.3, 0.4) is 0 Å². The number of aliphatic imine (C=N–C) groups is 1. The first kappa shape index (κ1) is 28.1. The van der Waals surface area contributed by atoms with Crippen molar-refractivity contribution in [2.45, 2.75) is 32.4 Å². The van der Waals surface area contributed by atoms with Crippen LogP contribution in [0.5, 0.6) is 17.2 Å². The number of nitrogens with zero attached hydrogens (tertiary/aromatic N) is 5. The molecule has 7 rings (SSSR count). The second-order valence-corrected chi connectivity index (χ2v) is 13.7. The lowest BCUT2D eigenvalue weighted by Gasteiger charge is -2.43. The summed E-state index contributed by atoms with van der Waals surface area (Å²) >= 11 is -0.457. The van der Waals surface area contributed by atoms with Crippen LogP contribution in [0.1, 0.15) is 29.8 Å². The molecule has 2 saturated heterocycles. The first-order valence-corrected chi connectivity index (χ1v) is 16.5. The highest BCUT2D eigenvalue weighted by molar-refractivity contribution is 14.2. The summed E-state index contributed by atoms with van der Waals surface area (Å²) in [6.45, 7) is 5.94. The van der Waals surface area contributed by atoms with Gasteiger partial charge in [-0.15, -0.1) is 0 Å². The third kappa shape index (κ3) is 6.06. The van der Waals surface area contributed by atoms with Crippen LogP contribution in [-0.2, 0) is 11.3 Å². The number of rotatable bonds is 8. The molecule has 0 aliphatic carbocycles. The normalized spacial score (nSPS) is 20.6. The van der Waals surface area contributed by atoms with Gasteiger partial charge in [-0.05, 0) is 44.0 Å². The molecular formula is C32H32FIN6O3. The number of piperidine rings is 1. The molecular weight excluding hydrogens is 662 g/mol. The molecule has 2 aromatic carbocycles. The predicted octanol–water partition coefficient (Wildman–Crippen LogP) is 5.33. The van der Waals surface area contributed by atoms with E-state index in [0.717, 1.165) is 43.1 Å². The van der Waals surface area contributed by atoms with Crippen LogP contribution in [0.15, 0.2) is 77.9 Å². The van der Waals surface area contributed by atoms with Gasteiger partial charge in [0.1, 0.15) is 47.0 Å². The molecule has 0 unspecified atom stereocenters. The van der Waals surface area contributed by atoms with Crippen molar-refractivity contribution >= 4 is 33.8 Å². The van der Waals surface area contributed by atoms with Crippen LogP contribution in [0.2, 0.25) is 0 Å². The molecule has 43 heavy (non-hydrogen) atoms. The minimum Gasteiger partial charge on any atom is -0.489 e. The number of aryl methyl sites for hydroxylation is 1. The number of aromatic nitrogens is 2. The average Bonchev–Trinajstić information content (AvgIpc) is 3.37. The summed E-state index contributed by atoms with van der Waals surface area (Å²) < 4.78 is 34.4. The van der Waals surface area contributed by atoms with Gasteiger partial charge in [0.15, 0.2) is 0 Å². The third-order valence-corrected chi connectivity index (χ3v) is 11.5. The molecule has 0 bridgehead atoms. The smallest absolute Gasteiger partial charge is 0.148 e. The summed E-state index contributed by atoms with van der Waals surface area (Å²) in [5, 5.41) is 0. The van der Waals surface area contributed by atoms with E-state index in [0.29, 0.717) is 40.9 Å². The van der Waals surface area contributed by atoms with E-state index < -0.39 is 26.5 Å². The Morgan fingerprint density at radius 2 is 1.86 bits per heavy atom. The summed E-state index contributed by atoms with van der Waals surface area (Å²) in [6.07, 6.45) is 9.63. The summed E-state index contributed by atoms with van der Waals surface area (Å²) in [7, 11) is 0. The van der Waals surface area contributed by atoms with Crippen molar-refractivity contribution in [1.29, 1.82) is 0 Å². The Morgan fingerprint density at radius 1 is 1.07 bits per heavy atom. The van der Waals surface area contributed by atoms with Crippen LogP contribution in [0.25, 0.3) is 3.58 Å². The molecule has 4 aliphatic heterocycles. The molecule has 2 fully saturated rings. The Labute approximate surface area is 259 Å². The lowest BCUT2D eigenvalue weighted by Crippen LogP contribution is -2.54. The SMILES string of the molecule is Cc1ncc(COc2cc(F)cc(Oc3ccc(C4=C5C(N)=NC=CN5C([C@@H]5CCCN(C6COC6)C5)=I4)cc3)c2)cn1. The fourth-order valence-electron chi connectivity index (χ4n) is 5.60. The number of benzene rings is 2. The second kappa shape index (κ2) is 12.1. The largest absolute Gasteiger partial charge is 0.489 e. The van der Waals surface area contributed by atoms with Crippen LogP contribution in [0.4, 0.5) is 4.39 Å². The van der Waals surface area contributed by atoms with E-state index in [4.69, 9.17) is 19.9 Å². The predicted molar refractivity (Wildman–Crippen MR) is 171 cm³/mol. The Hall–Kier alpha value is -3.68. The van der Waals surface area contributed by atoms with E-state index >= 15 is 0 Å². The maximum absolute atomic E-state index is 14.4. The fourth-order valence-corrected chi connectivity index (χ4v) is 9.23. The summed E-state index contributed by atoms with van der Waals surface area (Å²) in [5.74, 6) is 2.61. The number of ether oxygens (including phenoxy) is 3. The Kier molecular flexibility index (Phi) is 7.93. The topological polar surface area (TPSA) is 98.3 Å². The minimum atomic E-state index is -0.457. The van der Waals surface area contributed by atoms with Gasteiger partial charge < -0.3 is 24.8 Å². The number of halogens is 2. The minimum absolute atomic E-state index is 0.226. The van der Waals surface area contributed by atoms with Gasteiger partial charge in [0.2, 0.25) is 0 Å². The average molecular weight is 695 g/mol. The van der Waals surface area contributed by atoms with Crippen molar-refractivity contribution in [3.63, 3.8) is 0 Å². The summed E-state index contributed by atoms with van der Waals surface area (Å²) in [6, 6.07) is 12.8. The monoisotopic (exact) mass is 694 g/mol. The van der Waals surface area contributed by atoms with Crippen molar-refractivity contribution in [3.8, 4) is 17.2 Å². The zero-order valence-corrected chi connectivity index (χ0v) is 25.9. The zero-order chi connectivity index (χ0) is 29.3. The second-order valence-electron chi connectivity index (χ2n) is 11.0. The summed E-state index contributed by atoms with van der Waals surface area (Å²) in [5.41, 5.74) is 9.38. The number of hydrogen-bond acceptors (Lipinski definition) is 9. The van der Waals surface area contributed by atoms with E-state index in [9.17, 15) is 4.39 Å². The third-order valence-electron chi connectivity index (χ3n) is 7.90. The molecule has 11 heteroatoms. The lowest BCUT2D eigenvalue weighted by atomic mass is 9.95. The quantitative estimate of drug-likeness (QED) is 0.316. The van der Waals surface area contributed by atoms with Crippen LogP contribution < -0.4 is 15.2 Å². The standard InChI is InChI=1S/C32H32FIN6O3/c1-20-37-14-21(15-38-20)17-42-27-11-24(33)12-28(13-27)43-26-6-4-22(5-7-26)29-30-32(35)36-8-10-40(30)31(34-29)23-3-2-9-39(16-23)25-18-41-19-25/h4-8,10-15,23,25H,2-3,9,16-19H2,1H3,(H2,35,36)/t23-/m1/s1. The van der Waals surface area contributed by atoms with Gasteiger partial charge in [0.05, 0.1) is 22.9 Å². The van der Waals surface area contributed by atoms with Crippen LogP contribution in [-0.4, -0.2) is 61.6 Å². The Morgan fingerprint density at radius 3 is 2.63 bits per heavy atom. The molecule has 0 spiro atoms. The van der Waals surface area contributed by atoms with Gasteiger partial charge >= 0.3 is 0 Å². The van der Waals surface area contributed by atoms with Crippen LogP contribution in [0, 0.1) is 18.7 Å². The van der Waals surface area contributed by atoms with Gasteiger partial charge in [-0.25, -0.2) is 19.4 Å². The Balaban J connectivity index is 1.08. The molecule has 4 aliphatic rings. The van der Waals surface area contributed by atoms with Crippen LogP contribution >= 0.6 is 20.7 Å². The first-order chi connectivity index (χ1) is 21.0. The number of nitrogens with two attached hydrogens (primary N) is 1. The number of likely N-dealkylation sites (tertiary alicyclic amines) is 1. The highest BCUT2D eigenvalue weighted by Gasteiger charge is 2.37. The maximum Gasteiger partial charge on any atom is 0.148 e. The Bertz CT molecular complexity index is 1640. The summed E-state index contributed by atoms with van der Waals surface area (Å²) in [4.78, 5) is 17.7. The molecule has 222 valence electrons. The van der Waals surface area contributed by atoms with Gasteiger partial charge in [-0.3, -0.25) is 4.90 Å². The van der Waals surface area contributed by atoms with Gasteiger partial charge in [0.25, 0.3) is 0 Å². The highest BCUT2D eigenvalue weighted by atomic mass is 127. The molecule has 0 radical (unpaired) electrons. The lowest BCUT2D eigenvalue weighted by molar-refractivity contribution is -0.0730. The molecule has 5 heterocycles. The zero-order valence-electron chi connectivity index (χ0n) is 23.7.